The number of carboxylic acids is 1. The molecule has 1 N–H and O–H groups in total. The third-order valence-electron chi connectivity index (χ3n) is 3.23. The molecule has 0 amide bonds. The average molecular weight is 260 g/mol. The molecule has 0 bridgehead atoms. The first-order chi connectivity index (χ1) is 8.71. The quantitative estimate of drug-likeness (QED) is 0.915. The predicted octanol–water partition coefficient (Wildman–Crippen LogP) is 2.25. The summed E-state index contributed by atoms with van der Waals surface area (Å²) >= 11 is 1.42. The van der Waals surface area contributed by atoms with Gasteiger partial charge in [-0.2, -0.15) is 0 Å². The number of carbonyl (C=O) groups is 1. The van der Waals surface area contributed by atoms with Gasteiger partial charge in [-0.15, -0.1) is 10.2 Å². The highest BCUT2D eigenvalue weighted by Gasteiger charge is 2.54. The van der Waals surface area contributed by atoms with Crippen LogP contribution in [0.25, 0.3) is 0 Å². The first-order valence-electron chi connectivity index (χ1n) is 5.81. The zero-order chi connectivity index (χ0) is 12.6. The Morgan fingerprint density at radius 2 is 2.00 bits per heavy atom. The second-order valence-electron chi connectivity index (χ2n) is 4.55. The van der Waals surface area contributed by atoms with Crippen molar-refractivity contribution in [3.63, 3.8) is 0 Å². The van der Waals surface area contributed by atoms with Crippen LogP contribution in [0.5, 0.6) is 0 Å². The lowest BCUT2D eigenvalue weighted by Gasteiger charge is -2.02. The molecule has 1 aromatic carbocycles. The van der Waals surface area contributed by atoms with E-state index < -0.39 is 11.4 Å². The smallest absolute Gasteiger partial charge is 0.316 e. The fourth-order valence-corrected chi connectivity index (χ4v) is 3.05. The SMILES string of the molecule is O=C(O)C1(c2nnc(Cc3ccccc3)s2)CC1. The molecule has 3 rings (SSSR count). The summed E-state index contributed by atoms with van der Waals surface area (Å²) in [4.78, 5) is 11.2. The molecule has 1 saturated carbocycles. The van der Waals surface area contributed by atoms with Crippen molar-refractivity contribution in [1.29, 1.82) is 0 Å². The fourth-order valence-electron chi connectivity index (χ4n) is 1.93. The van der Waals surface area contributed by atoms with Gasteiger partial charge in [0.1, 0.15) is 15.4 Å². The summed E-state index contributed by atoms with van der Waals surface area (Å²) in [5.41, 5.74) is 0.437. The summed E-state index contributed by atoms with van der Waals surface area (Å²) in [6.45, 7) is 0. The van der Waals surface area contributed by atoms with Crippen LogP contribution in [-0.2, 0) is 16.6 Å². The van der Waals surface area contributed by atoms with E-state index in [1.807, 2.05) is 30.3 Å². The predicted molar refractivity (Wildman–Crippen MR) is 67.7 cm³/mol. The summed E-state index contributed by atoms with van der Waals surface area (Å²) in [5.74, 6) is -0.773. The zero-order valence-corrected chi connectivity index (χ0v) is 10.5. The minimum Gasteiger partial charge on any atom is -0.481 e. The van der Waals surface area contributed by atoms with Crippen molar-refractivity contribution in [3.05, 3.63) is 45.9 Å². The van der Waals surface area contributed by atoms with Gasteiger partial charge >= 0.3 is 5.97 Å². The van der Waals surface area contributed by atoms with Crippen molar-refractivity contribution in [3.8, 4) is 0 Å². The van der Waals surface area contributed by atoms with E-state index in [0.29, 0.717) is 24.3 Å². The number of aliphatic carboxylic acids is 1. The lowest BCUT2D eigenvalue weighted by atomic mass is 10.1. The first kappa shape index (κ1) is 11.3. The van der Waals surface area contributed by atoms with Gasteiger partial charge in [0, 0.05) is 6.42 Å². The molecule has 18 heavy (non-hydrogen) atoms. The van der Waals surface area contributed by atoms with Gasteiger partial charge in [-0.1, -0.05) is 41.7 Å². The topological polar surface area (TPSA) is 63.1 Å². The van der Waals surface area contributed by atoms with Crippen molar-refractivity contribution in [2.45, 2.75) is 24.7 Å². The van der Waals surface area contributed by atoms with E-state index in [2.05, 4.69) is 10.2 Å². The van der Waals surface area contributed by atoms with Gasteiger partial charge in [0.25, 0.3) is 0 Å². The highest BCUT2D eigenvalue weighted by molar-refractivity contribution is 7.11. The van der Waals surface area contributed by atoms with Gasteiger partial charge in [-0.25, -0.2) is 0 Å². The maximum atomic E-state index is 11.2. The van der Waals surface area contributed by atoms with Gasteiger partial charge in [-0.05, 0) is 18.4 Å². The van der Waals surface area contributed by atoms with E-state index in [1.54, 1.807) is 0 Å². The second kappa shape index (κ2) is 4.17. The Bertz CT molecular complexity index is 576. The third-order valence-corrected chi connectivity index (χ3v) is 4.36. The number of nitrogens with zero attached hydrogens (tertiary/aromatic N) is 2. The van der Waals surface area contributed by atoms with Crippen molar-refractivity contribution in [1.82, 2.24) is 10.2 Å². The largest absolute Gasteiger partial charge is 0.481 e. The molecule has 5 heteroatoms. The summed E-state index contributed by atoms with van der Waals surface area (Å²) in [5, 5.41) is 18.9. The Morgan fingerprint density at radius 1 is 1.28 bits per heavy atom. The molecule has 0 radical (unpaired) electrons. The Kier molecular flexibility index (Phi) is 2.63. The highest BCUT2D eigenvalue weighted by atomic mass is 32.1. The molecule has 0 unspecified atom stereocenters. The number of carboxylic acid groups (broad SMARTS) is 1. The zero-order valence-electron chi connectivity index (χ0n) is 9.67. The minimum atomic E-state index is -0.773. The molecule has 1 fully saturated rings. The molecular weight excluding hydrogens is 248 g/mol. The van der Waals surface area contributed by atoms with Crippen LogP contribution in [0, 0.1) is 0 Å². The van der Waals surface area contributed by atoms with Crippen LogP contribution in [0.15, 0.2) is 30.3 Å². The number of hydrogen-bond acceptors (Lipinski definition) is 4. The van der Waals surface area contributed by atoms with Gasteiger partial charge in [0.2, 0.25) is 0 Å². The van der Waals surface area contributed by atoms with Crippen LogP contribution >= 0.6 is 11.3 Å². The van der Waals surface area contributed by atoms with E-state index in [1.165, 1.54) is 16.9 Å². The normalized spacial score (nSPS) is 16.4. The van der Waals surface area contributed by atoms with Gasteiger partial charge in [0.05, 0.1) is 0 Å². The lowest BCUT2D eigenvalue weighted by Crippen LogP contribution is -2.19. The number of hydrogen-bond donors (Lipinski definition) is 1. The van der Waals surface area contributed by atoms with Gasteiger partial charge in [0.15, 0.2) is 0 Å². The Morgan fingerprint density at radius 3 is 2.61 bits per heavy atom. The van der Waals surface area contributed by atoms with Crippen molar-refractivity contribution in [2.24, 2.45) is 0 Å². The average Bonchev–Trinajstić information content (AvgIpc) is 3.07. The molecule has 0 saturated heterocycles. The third kappa shape index (κ3) is 1.90. The molecule has 0 atom stereocenters. The fraction of sp³-hybridized carbons (Fsp3) is 0.308. The minimum absolute atomic E-state index is 0.654. The molecule has 1 aliphatic rings. The van der Waals surface area contributed by atoms with Crippen LogP contribution in [-0.4, -0.2) is 21.3 Å². The van der Waals surface area contributed by atoms with E-state index in [9.17, 15) is 9.90 Å². The van der Waals surface area contributed by atoms with Crippen LogP contribution in [0.1, 0.15) is 28.4 Å². The Balaban J connectivity index is 1.81. The number of rotatable bonds is 4. The summed E-state index contributed by atoms with van der Waals surface area (Å²) in [7, 11) is 0. The highest BCUT2D eigenvalue weighted by Crippen LogP contribution is 2.49. The Hall–Kier alpha value is -1.75. The Labute approximate surface area is 108 Å². The molecule has 4 nitrogen and oxygen atoms in total. The van der Waals surface area contributed by atoms with E-state index in [-0.39, 0.29) is 0 Å². The number of benzene rings is 1. The summed E-state index contributed by atoms with van der Waals surface area (Å²) in [6.07, 6.45) is 2.08. The monoisotopic (exact) mass is 260 g/mol. The van der Waals surface area contributed by atoms with Crippen molar-refractivity contribution in [2.75, 3.05) is 0 Å². The molecule has 92 valence electrons. The summed E-state index contributed by atoms with van der Waals surface area (Å²) < 4.78 is 0. The van der Waals surface area contributed by atoms with Gasteiger partial charge in [-0.3, -0.25) is 4.79 Å². The lowest BCUT2D eigenvalue weighted by molar-refractivity contribution is -0.140. The van der Waals surface area contributed by atoms with Crippen LogP contribution in [0.4, 0.5) is 0 Å². The van der Waals surface area contributed by atoms with Crippen molar-refractivity contribution >= 4 is 17.3 Å². The maximum absolute atomic E-state index is 11.2. The maximum Gasteiger partial charge on any atom is 0.316 e. The molecule has 2 aromatic rings. The molecule has 0 aliphatic heterocycles. The van der Waals surface area contributed by atoms with Gasteiger partial charge < -0.3 is 5.11 Å². The van der Waals surface area contributed by atoms with E-state index >= 15 is 0 Å². The van der Waals surface area contributed by atoms with Crippen molar-refractivity contribution < 1.29 is 9.90 Å². The molecule has 1 aliphatic carbocycles. The number of aromatic nitrogens is 2. The molecule has 1 heterocycles. The molecular formula is C13H12N2O2S. The molecule has 1 aromatic heterocycles. The second-order valence-corrected chi connectivity index (χ2v) is 5.61. The summed E-state index contributed by atoms with van der Waals surface area (Å²) in [6, 6.07) is 10.0. The molecule has 0 spiro atoms. The van der Waals surface area contributed by atoms with E-state index in [4.69, 9.17) is 0 Å². The van der Waals surface area contributed by atoms with Crippen LogP contribution in [0.3, 0.4) is 0 Å². The van der Waals surface area contributed by atoms with E-state index in [0.717, 1.165) is 5.01 Å². The van der Waals surface area contributed by atoms with Crippen LogP contribution < -0.4 is 0 Å². The standard InChI is InChI=1S/C13H12N2O2S/c16-12(17)13(6-7-13)11-15-14-10(18-11)8-9-4-2-1-3-5-9/h1-5H,6-8H2,(H,16,17). The first-order valence-corrected chi connectivity index (χ1v) is 6.62. The van der Waals surface area contributed by atoms with Crippen LogP contribution in [0.2, 0.25) is 0 Å².